The summed E-state index contributed by atoms with van der Waals surface area (Å²) in [6.07, 6.45) is 15.5. The quantitative estimate of drug-likeness (QED) is 0.504. The molecule has 4 aliphatic carbocycles. The van der Waals surface area contributed by atoms with E-state index < -0.39 is 0 Å². The van der Waals surface area contributed by atoms with Crippen molar-refractivity contribution >= 4 is 0 Å². The summed E-state index contributed by atoms with van der Waals surface area (Å²) in [4.78, 5) is 0. The summed E-state index contributed by atoms with van der Waals surface area (Å²) in [7, 11) is 0. The van der Waals surface area contributed by atoms with Crippen LogP contribution in [0, 0.1) is 40.4 Å². The smallest absolute Gasteiger partial charge is 0.0266 e. The van der Waals surface area contributed by atoms with Gasteiger partial charge < -0.3 is 0 Å². The maximum absolute atomic E-state index is 2.71. The standard InChI is InChI=1S/C20H34/c1-14-8-12-20(3)15(13-14)6-7-16-17-5-4-10-19(17,2)11-9-18(16)20/h14-18H,4-13H2,1-3H3/t14?,15-,16?,17-,18-,19?,20?/m0/s1. The normalized spacial score (nSPS) is 58.6. The number of fused-ring (bicyclic) bond motifs is 5. The molecule has 0 aromatic rings. The van der Waals surface area contributed by atoms with Crippen molar-refractivity contribution in [2.45, 2.75) is 85.0 Å². The van der Waals surface area contributed by atoms with E-state index in [2.05, 4.69) is 20.8 Å². The highest BCUT2D eigenvalue weighted by molar-refractivity contribution is 5.07. The molecule has 114 valence electrons. The average molecular weight is 274 g/mol. The molecule has 7 atom stereocenters. The molecule has 0 aliphatic heterocycles. The third-order valence-corrected chi connectivity index (χ3v) is 8.71. The molecule has 0 N–H and O–H groups in total. The highest BCUT2D eigenvalue weighted by atomic mass is 14.6. The lowest BCUT2D eigenvalue weighted by Gasteiger charge is -2.60. The van der Waals surface area contributed by atoms with Gasteiger partial charge in [-0.05, 0) is 91.8 Å². The molecule has 0 bridgehead atoms. The number of hydrogen-bond donors (Lipinski definition) is 0. The Labute approximate surface area is 126 Å². The van der Waals surface area contributed by atoms with E-state index in [-0.39, 0.29) is 0 Å². The Morgan fingerprint density at radius 2 is 1.65 bits per heavy atom. The maximum Gasteiger partial charge on any atom is -0.0266 e. The van der Waals surface area contributed by atoms with E-state index in [1.165, 1.54) is 19.3 Å². The lowest BCUT2D eigenvalue weighted by molar-refractivity contribution is -0.110. The van der Waals surface area contributed by atoms with Crippen LogP contribution in [0.2, 0.25) is 0 Å². The van der Waals surface area contributed by atoms with E-state index in [0.29, 0.717) is 0 Å². The summed E-state index contributed by atoms with van der Waals surface area (Å²) in [5.74, 6) is 5.36. The van der Waals surface area contributed by atoms with Gasteiger partial charge in [0.1, 0.15) is 0 Å². The van der Waals surface area contributed by atoms with Crippen molar-refractivity contribution in [3.05, 3.63) is 0 Å². The van der Waals surface area contributed by atoms with Gasteiger partial charge in [-0.1, -0.05) is 33.6 Å². The third-order valence-electron chi connectivity index (χ3n) is 8.71. The minimum absolute atomic E-state index is 0.722. The summed E-state index contributed by atoms with van der Waals surface area (Å²) in [5.41, 5.74) is 1.46. The molecule has 0 aromatic heterocycles. The highest BCUT2D eigenvalue weighted by Gasteiger charge is 2.57. The van der Waals surface area contributed by atoms with Gasteiger partial charge in [-0.15, -0.1) is 0 Å². The van der Waals surface area contributed by atoms with Crippen molar-refractivity contribution < 1.29 is 0 Å². The van der Waals surface area contributed by atoms with E-state index in [9.17, 15) is 0 Å². The zero-order valence-corrected chi connectivity index (χ0v) is 14.0. The van der Waals surface area contributed by atoms with Crippen molar-refractivity contribution in [2.24, 2.45) is 40.4 Å². The first-order chi connectivity index (χ1) is 9.53. The largest absolute Gasteiger partial charge is 0.0625 e. The van der Waals surface area contributed by atoms with Crippen LogP contribution in [0.15, 0.2) is 0 Å². The molecular weight excluding hydrogens is 240 g/mol. The Hall–Kier alpha value is 0. The van der Waals surface area contributed by atoms with E-state index in [4.69, 9.17) is 0 Å². The average Bonchev–Trinajstić information content (AvgIpc) is 2.81. The minimum Gasteiger partial charge on any atom is -0.0625 e. The van der Waals surface area contributed by atoms with Crippen molar-refractivity contribution in [1.29, 1.82) is 0 Å². The molecular formula is C20H34. The van der Waals surface area contributed by atoms with Crippen LogP contribution in [-0.2, 0) is 0 Å². The number of rotatable bonds is 0. The van der Waals surface area contributed by atoms with Crippen LogP contribution in [0.4, 0.5) is 0 Å². The summed E-state index contributed by atoms with van der Waals surface area (Å²) in [5, 5.41) is 0. The molecule has 0 nitrogen and oxygen atoms in total. The van der Waals surface area contributed by atoms with Crippen molar-refractivity contribution in [3.8, 4) is 0 Å². The first kappa shape index (κ1) is 13.6. The van der Waals surface area contributed by atoms with Gasteiger partial charge in [0.05, 0.1) is 0 Å². The molecule has 0 spiro atoms. The second-order valence-corrected chi connectivity index (χ2v) is 9.62. The van der Waals surface area contributed by atoms with Crippen LogP contribution in [0.5, 0.6) is 0 Å². The molecule has 4 fully saturated rings. The van der Waals surface area contributed by atoms with Gasteiger partial charge in [0.25, 0.3) is 0 Å². The van der Waals surface area contributed by atoms with E-state index in [0.717, 1.165) is 40.4 Å². The lowest BCUT2D eigenvalue weighted by atomic mass is 9.45. The third kappa shape index (κ3) is 1.78. The van der Waals surface area contributed by atoms with Gasteiger partial charge >= 0.3 is 0 Å². The van der Waals surface area contributed by atoms with Crippen LogP contribution in [0.1, 0.15) is 85.0 Å². The lowest BCUT2D eigenvalue weighted by Crippen LogP contribution is -2.52. The topological polar surface area (TPSA) is 0 Å². The first-order valence-corrected chi connectivity index (χ1v) is 9.53. The van der Waals surface area contributed by atoms with E-state index in [1.807, 2.05) is 0 Å². The minimum atomic E-state index is 0.722. The van der Waals surface area contributed by atoms with Crippen LogP contribution in [0.25, 0.3) is 0 Å². The van der Waals surface area contributed by atoms with Crippen molar-refractivity contribution in [1.82, 2.24) is 0 Å². The van der Waals surface area contributed by atoms with Crippen LogP contribution in [0.3, 0.4) is 0 Å². The zero-order valence-electron chi connectivity index (χ0n) is 14.0. The Morgan fingerprint density at radius 1 is 0.800 bits per heavy atom. The molecule has 4 saturated carbocycles. The predicted octanol–water partition coefficient (Wildman–Crippen LogP) is 6.06. The molecule has 0 saturated heterocycles. The molecule has 0 aromatic carbocycles. The molecule has 4 rings (SSSR count). The monoisotopic (exact) mass is 274 g/mol. The fraction of sp³-hybridized carbons (Fsp3) is 1.00. The maximum atomic E-state index is 2.71. The number of hydrogen-bond acceptors (Lipinski definition) is 0. The summed E-state index contributed by atoms with van der Waals surface area (Å²) in [6.45, 7) is 7.84. The van der Waals surface area contributed by atoms with Gasteiger partial charge in [-0.2, -0.15) is 0 Å². The van der Waals surface area contributed by atoms with E-state index >= 15 is 0 Å². The van der Waals surface area contributed by atoms with Crippen LogP contribution in [-0.4, -0.2) is 0 Å². The molecule has 0 heteroatoms. The van der Waals surface area contributed by atoms with Crippen molar-refractivity contribution in [3.63, 3.8) is 0 Å². The molecule has 20 heavy (non-hydrogen) atoms. The van der Waals surface area contributed by atoms with Crippen LogP contribution < -0.4 is 0 Å². The Bertz CT molecular complexity index is 385. The fourth-order valence-corrected chi connectivity index (χ4v) is 7.47. The summed E-state index contributed by atoms with van der Waals surface area (Å²) >= 11 is 0. The van der Waals surface area contributed by atoms with Gasteiger partial charge in [0.2, 0.25) is 0 Å². The Morgan fingerprint density at radius 3 is 2.50 bits per heavy atom. The van der Waals surface area contributed by atoms with Crippen molar-refractivity contribution in [2.75, 3.05) is 0 Å². The van der Waals surface area contributed by atoms with E-state index in [1.54, 1.807) is 44.9 Å². The summed E-state index contributed by atoms with van der Waals surface area (Å²) < 4.78 is 0. The zero-order chi connectivity index (χ0) is 14.0. The molecule has 0 radical (unpaired) electrons. The fourth-order valence-electron chi connectivity index (χ4n) is 7.47. The van der Waals surface area contributed by atoms with Crippen LogP contribution >= 0.6 is 0 Å². The second-order valence-electron chi connectivity index (χ2n) is 9.62. The Balaban J connectivity index is 1.62. The summed E-state index contributed by atoms with van der Waals surface area (Å²) in [6, 6.07) is 0. The highest BCUT2D eigenvalue weighted by Crippen LogP contribution is 2.66. The van der Waals surface area contributed by atoms with Gasteiger partial charge in [0, 0.05) is 0 Å². The van der Waals surface area contributed by atoms with Gasteiger partial charge in [-0.25, -0.2) is 0 Å². The molecule has 4 unspecified atom stereocenters. The molecule has 0 heterocycles. The SMILES string of the molecule is CC1CCC2(C)[C@@H](CCC3[C@@H]4CCCC4(C)CC[C@@H]32)C1. The second kappa shape index (κ2) is 4.50. The Kier molecular flexibility index (Phi) is 3.07. The molecule has 4 aliphatic rings. The van der Waals surface area contributed by atoms with Gasteiger partial charge in [-0.3, -0.25) is 0 Å². The molecule has 0 amide bonds. The first-order valence-electron chi connectivity index (χ1n) is 9.53. The predicted molar refractivity (Wildman–Crippen MR) is 85.5 cm³/mol. The van der Waals surface area contributed by atoms with Gasteiger partial charge in [0.15, 0.2) is 0 Å².